The molecule has 0 bridgehead atoms. The molecule has 1 N–H and O–H groups in total. The molecule has 1 fully saturated rings. The van der Waals surface area contributed by atoms with Gasteiger partial charge in [0.1, 0.15) is 5.82 Å². The van der Waals surface area contributed by atoms with Gasteiger partial charge in [0.15, 0.2) is 5.69 Å². The molecule has 2 aromatic carbocycles. The van der Waals surface area contributed by atoms with Crippen LogP contribution >= 0.6 is 0 Å². The van der Waals surface area contributed by atoms with Crippen molar-refractivity contribution >= 4 is 16.7 Å². The van der Waals surface area contributed by atoms with Crippen LogP contribution in [0.2, 0.25) is 0 Å². The van der Waals surface area contributed by atoms with Crippen molar-refractivity contribution in [2.24, 2.45) is 0 Å². The third-order valence-corrected chi connectivity index (χ3v) is 4.41. The fraction of sp³-hybridized carbons (Fsp3) is 0.211. The van der Waals surface area contributed by atoms with Gasteiger partial charge in [-0.1, -0.05) is 30.3 Å². The zero-order valence-corrected chi connectivity index (χ0v) is 13.4. The fourth-order valence-electron chi connectivity index (χ4n) is 2.95. The number of nitrogens with zero attached hydrogens (tertiary/aromatic N) is 2. The Morgan fingerprint density at radius 2 is 1.80 bits per heavy atom. The number of benzene rings is 2. The highest BCUT2D eigenvalue weighted by atomic mass is 19.1. The first kappa shape index (κ1) is 15.5. The lowest BCUT2D eigenvalue weighted by Crippen LogP contribution is -2.34. The van der Waals surface area contributed by atoms with Crippen LogP contribution in [0.1, 0.15) is 28.9 Å². The number of rotatable bonds is 4. The molecule has 6 heteroatoms. The van der Waals surface area contributed by atoms with E-state index < -0.39 is 0 Å². The van der Waals surface area contributed by atoms with E-state index in [2.05, 4.69) is 10.2 Å². The predicted octanol–water partition coefficient (Wildman–Crippen LogP) is 2.87. The molecule has 0 unspecified atom stereocenters. The maximum absolute atomic E-state index is 13.1. The average Bonchev–Trinajstić information content (AvgIpc) is 3.46. The number of hydrogen-bond donors (Lipinski definition) is 1. The molecule has 5 nitrogen and oxygen atoms in total. The Balaban J connectivity index is 1.71. The molecule has 126 valence electrons. The average molecular weight is 337 g/mol. The van der Waals surface area contributed by atoms with Gasteiger partial charge in [-0.2, -0.15) is 5.10 Å². The molecule has 0 spiro atoms. The largest absolute Gasteiger partial charge is 0.330 e. The van der Waals surface area contributed by atoms with Gasteiger partial charge in [0, 0.05) is 18.0 Å². The maximum atomic E-state index is 13.1. The zero-order valence-electron chi connectivity index (χ0n) is 13.4. The minimum Gasteiger partial charge on any atom is -0.330 e. The summed E-state index contributed by atoms with van der Waals surface area (Å²) in [5.74, 6) is -0.527. The van der Waals surface area contributed by atoms with Crippen molar-refractivity contribution in [1.29, 1.82) is 0 Å². The van der Waals surface area contributed by atoms with Crippen LogP contribution < -0.4 is 5.56 Å². The standard InChI is InChI=1S/C19H16FN3O2/c20-13-7-5-12(6-8-13)11-23(14-9-10-14)19(25)17-15-3-1-2-4-16(15)18(24)22-21-17/h1-8,14H,9-11H2,(H,22,24). The minimum atomic E-state index is -0.316. The van der Waals surface area contributed by atoms with Gasteiger partial charge in [0.25, 0.3) is 11.5 Å². The molecule has 4 rings (SSSR count). The van der Waals surface area contributed by atoms with Crippen LogP contribution in [-0.2, 0) is 6.54 Å². The molecule has 1 aromatic heterocycles. The van der Waals surface area contributed by atoms with Crippen LogP contribution in [0.3, 0.4) is 0 Å². The number of aromatic amines is 1. The summed E-state index contributed by atoms with van der Waals surface area (Å²) in [7, 11) is 0. The fourth-order valence-corrected chi connectivity index (χ4v) is 2.95. The van der Waals surface area contributed by atoms with Crippen molar-refractivity contribution in [3.63, 3.8) is 0 Å². The highest BCUT2D eigenvalue weighted by molar-refractivity contribution is 6.04. The summed E-state index contributed by atoms with van der Waals surface area (Å²) in [6.07, 6.45) is 1.88. The lowest BCUT2D eigenvalue weighted by Gasteiger charge is -2.22. The Hall–Kier alpha value is -3.02. The lowest BCUT2D eigenvalue weighted by molar-refractivity contribution is 0.0725. The van der Waals surface area contributed by atoms with Gasteiger partial charge >= 0.3 is 0 Å². The Labute approximate surface area is 143 Å². The maximum Gasteiger partial charge on any atom is 0.275 e. The highest BCUT2D eigenvalue weighted by Gasteiger charge is 2.34. The van der Waals surface area contributed by atoms with Crippen LogP contribution in [0.4, 0.5) is 4.39 Å². The van der Waals surface area contributed by atoms with E-state index in [0.717, 1.165) is 18.4 Å². The highest BCUT2D eigenvalue weighted by Crippen LogP contribution is 2.30. The molecular weight excluding hydrogens is 321 g/mol. The molecule has 0 radical (unpaired) electrons. The van der Waals surface area contributed by atoms with Crippen LogP contribution in [0.15, 0.2) is 53.3 Å². The van der Waals surface area contributed by atoms with Crippen LogP contribution in [-0.4, -0.2) is 27.0 Å². The number of aromatic nitrogens is 2. The molecule has 1 heterocycles. The lowest BCUT2D eigenvalue weighted by atomic mass is 10.1. The monoisotopic (exact) mass is 337 g/mol. The predicted molar refractivity (Wildman–Crippen MR) is 91.7 cm³/mol. The van der Waals surface area contributed by atoms with E-state index in [1.807, 2.05) is 0 Å². The van der Waals surface area contributed by atoms with E-state index in [1.165, 1.54) is 12.1 Å². The first-order chi connectivity index (χ1) is 12.1. The number of H-pyrrole nitrogens is 1. The summed E-state index contributed by atoms with van der Waals surface area (Å²) in [6.45, 7) is 0.388. The number of nitrogens with one attached hydrogen (secondary N) is 1. The zero-order chi connectivity index (χ0) is 17.4. The smallest absolute Gasteiger partial charge is 0.275 e. The van der Waals surface area contributed by atoms with Crippen LogP contribution in [0, 0.1) is 5.82 Å². The third-order valence-electron chi connectivity index (χ3n) is 4.41. The quantitative estimate of drug-likeness (QED) is 0.796. The Kier molecular flexibility index (Phi) is 3.80. The number of carbonyl (C=O) groups is 1. The van der Waals surface area contributed by atoms with Gasteiger partial charge in [-0.3, -0.25) is 9.59 Å². The molecule has 1 amide bonds. The summed E-state index contributed by atoms with van der Waals surface area (Å²) in [5.41, 5.74) is 0.781. The van der Waals surface area contributed by atoms with Crippen molar-refractivity contribution in [3.05, 3.63) is 76.0 Å². The first-order valence-corrected chi connectivity index (χ1v) is 8.16. The van der Waals surface area contributed by atoms with Crippen LogP contribution in [0.25, 0.3) is 10.8 Å². The first-order valence-electron chi connectivity index (χ1n) is 8.16. The van der Waals surface area contributed by atoms with E-state index in [-0.39, 0.29) is 29.0 Å². The normalized spacial score (nSPS) is 13.8. The summed E-state index contributed by atoms with van der Waals surface area (Å²) < 4.78 is 13.1. The van der Waals surface area contributed by atoms with E-state index in [1.54, 1.807) is 41.3 Å². The number of fused-ring (bicyclic) bond motifs is 1. The van der Waals surface area contributed by atoms with Gasteiger partial charge in [-0.25, -0.2) is 9.49 Å². The summed E-state index contributed by atoms with van der Waals surface area (Å²) >= 11 is 0. The number of amides is 1. The molecule has 1 saturated carbocycles. The summed E-state index contributed by atoms with van der Waals surface area (Å²) in [4.78, 5) is 26.8. The van der Waals surface area contributed by atoms with Crippen molar-refractivity contribution in [3.8, 4) is 0 Å². The van der Waals surface area contributed by atoms with Gasteiger partial charge in [-0.05, 0) is 36.6 Å². The van der Waals surface area contributed by atoms with Crippen molar-refractivity contribution in [1.82, 2.24) is 15.1 Å². The van der Waals surface area contributed by atoms with Gasteiger partial charge in [0.05, 0.1) is 5.39 Å². The molecular formula is C19H16FN3O2. The second kappa shape index (κ2) is 6.12. The second-order valence-electron chi connectivity index (χ2n) is 6.24. The molecule has 0 aliphatic heterocycles. The summed E-state index contributed by atoms with van der Waals surface area (Å²) in [6, 6.07) is 13.2. The van der Waals surface area contributed by atoms with Crippen LogP contribution in [0.5, 0.6) is 0 Å². The van der Waals surface area contributed by atoms with Gasteiger partial charge in [0.2, 0.25) is 0 Å². The van der Waals surface area contributed by atoms with E-state index in [0.29, 0.717) is 17.3 Å². The molecule has 0 atom stereocenters. The van der Waals surface area contributed by atoms with E-state index >= 15 is 0 Å². The number of hydrogen-bond acceptors (Lipinski definition) is 3. The van der Waals surface area contributed by atoms with Crippen molar-refractivity contribution < 1.29 is 9.18 Å². The topological polar surface area (TPSA) is 66.1 Å². The number of halogens is 1. The SMILES string of the molecule is O=C(c1n[nH]c(=O)c2ccccc12)N(Cc1ccc(F)cc1)C1CC1. The van der Waals surface area contributed by atoms with E-state index in [4.69, 9.17) is 0 Å². The Bertz CT molecular complexity index is 993. The Morgan fingerprint density at radius 1 is 1.12 bits per heavy atom. The van der Waals surface area contributed by atoms with Crippen molar-refractivity contribution in [2.75, 3.05) is 0 Å². The van der Waals surface area contributed by atoms with Gasteiger partial charge < -0.3 is 4.90 Å². The molecule has 25 heavy (non-hydrogen) atoms. The molecule has 0 saturated heterocycles. The second-order valence-corrected chi connectivity index (χ2v) is 6.24. The molecule has 3 aromatic rings. The van der Waals surface area contributed by atoms with E-state index in [9.17, 15) is 14.0 Å². The Morgan fingerprint density at radius 3 is 2.48 bits per heavy atom. The van der Waals surface area contributed by atoms with Crippen molar-refractivity contribution in [2.45, 2.75) is 25.4 Å². The molecule has 1 aliphatic rings. The third kappa shape index (κ3) is 3.03. The summed E-state index contributed by atoms with van der Waals surface area (Å²) in [5, 5.41) is 7.40. The minimum absolute atomic E-state index is 0.157. The van der Waals surface area contributed by atoms with Gasteiger partial charge in [-0.15, -0.1) is 0 Å². The molecule has 1 aliphatic carbocycles. The number of carbonyl (C=O) groups excluding carboxylic acids is 1.